The minimum absolute atomic E-state index is 0.174. The Morgan fingerprint density at radius 2 is 2.13 bits per heavy atom. The molecule has 1 amide bonds. The summed E-state index contributed by atoms with van der Waals surface area (Å²) in [5, 5.41) is 21.7. The third-order valence-electron chi connectivity index (χ3n) is 4.97. The van der Waals surface area contributed by atoms with Gasteiger partial charge in [0.1, 0.15) is 12.1 Å². The van der Waals surface area contributed by atoms with Gasteiger partial charge in [-0.3, -0.25) is 4.79 Å². The third kappa shape index (κ3) is 4.36. The van der Waals surface area contributed by atoms with Crippen LogP contribution in [-0.2, 0) is 11.8 Å². The molecular formula is C20H18ClN9O. The Labute approximate surface area is 183 Å². The van der Waals surface area contributed by atoms with Crippen molar-refractivity contribution in [2.24, 2.45) is 7.05 Å². The number of hydrogen-bond acceptors (Lipinski definition) is 8. The highest BCUT2D eigenvalue weighted by atomic mass is 35.5. The van der Waals surface area contributed by atoms with Crippen LogP contribution < -0.4 is 4.90 Å². The molecule has 3 aromatic rings. The molecule has 0 radical (unpaired) electrons. The summed E-state index contributed by atoms with van der Waals surface area (Å²) < 4.78 is 1.54. The summed E-state index contributed by atoms with van der Waals surface area (Å²) in [7, 11) is 1.72. The molecule has 0 saturated carbocycles. The fraction of sp³-hybridized carbons (Fsp3) is 0.250. The van der Waals surface area contributed by atoms with E-state index in [0.717, 1.165) is 5.56 Å². The van der Waals surface area contributed by atoms with Crippen molar-refractivity contribution in [1.82, 2.24) is 35.1 Å². The van der Waals surface area contributed by atoms with Gasteiger partial charge in [0, 0.05) is 50.2 Å². The van der Waals surface area contributed by atoms with Gasteiger partial charge in [0.05, 0.1) is 0 Å². The summed E-state index contributed by atoms with van der Waals surface area (Å²) in [5.41, 5.74) is 1.06. The van der Waals surface area contributed by atoms with Gasteiger partial charge in [0.15, 0.2) is 17.3 Å². The standard InChI is InChI=1S/C20H18ClN9O/c1-28-20(25-26-27-28)17-13-29(19-16(12-22)23-7-8-24-19)9-10-30(17)18(31)6-5-14-3-2-4-15(21)11-14/h2-8,11,17H,9-10,13H2,1H3/b6-5+. The van der Waals surface area contributed by atoms with Crippen molar-refractivity contribution in [1.29, 1.82) is 5.26 Å². The molecule has 0 aliphatic carbocycles. The van der Waals surface area contributed by atoms with Crippen molar-refractivity contribution in [3.63, 3.8) is 0 Å². The molecule has 1 fully saturated rings. The zero-order chi connectivity index (χ0) is 21.8. The Kier molecular flexibility index (Phi) is 5.86. The maximum Gasteiger partial charge on any atom is 0.247 e. The topological polar surface area (TPSA) is 117 Å². The SMILES string of the molecule is Cn1nnnc1C1CN(c2nccnc2C#N)CCN1C(=O)/C=C/c1cccc(Cl)c1. The molecule has 0 bridgehead atoms. The van der Waals surface area contributed by atoms with E-state index in [9.17, 15) is 10.1 Å². The number of anilines is 1. The van der Waals surface area contributed by atoms with Gasteiger partial charge in [0.2, 0.25) is 5.91 Å². The Balaban J connectivity index is 1.61. The Morgan fingerprint density at radius 1 is 1.29 bits per heavy atom. The van der Waals surface area contributed by atoms with Gasteiger partial charge in [-0.2, -0.15) is 5.26 Å². The number of aromatic nitrogens is 6. The maximum atomic E-state index is 13.1. The Morgan fingerprint density at radius 3 is 2.87 bits per heavy atom. The largest absolute Gasteiger partial charge is 0.350 e. The summed E-state index contributed by atoms with van der Waals surface area (Å²) in [6.45, 7) is 1.27. The zero-order valence-electron chi connectivity index (χ0n) is 16.6. The quantitative estimate of drug-likeness (QED) is 0.567. The predicted molar refractivity (Wildman–Crippen MR) is 113 cm³/mol. The summed E-state index contributed by atoms with van der Waals surface area (Å²) >= 11 is 6.02. The molecule has 0 N–H and O–H groups in total. The molecule has 156 valence electrons. The van der Waals surface area contributed by atoms with E-state index in [1.165, 1.54) is 17.0 Å². The lowest BCUT2D eigenvalue weighted by molar-refractivity contribution is -0.129. The first kappa shape index (κ1) is 20.4. The highest BCUT2D eigenvalue weighted by Crippen LogP contribution is 2.27. The van der Waals surface area contributed by atoms with Gasteiger partial charge >= 0.3 is 0 Å². The summed E-state index contributed by atoms with van der Waals surface area (Å²) in [6, 6.07) is 8.89. The van der Waals surface area contributed by atoms with E-state index in [0.29, 0.717) is 36.3 Å². The predicted octanol–water partition coefficient (Wildman–Crippen LogP) is 1.63. The van der Waals surface area contributed by atoms with Crippen LogP contribution in [0.1, 0.15) is 23.1 Å². The van der Waals surface area contributed by atoms with Gasteiger partial charge in [-0.1, -0.05) is 23.7 Å². The van der Waals surface area contributed by atoms with E-state index in [4.69, 9.17) is 11.6 Å². The Bertz CT molecular complexity index is 1170. The summed E-state index contributed by atoms with van der Waals surface area (Å²) in [4.78, 5) is 25.1. The third-order valence-corrected chi connectivity index (χ3v) is 5.20. The number of amides is 1. The summed E-state index contributed by atoms with van der Waals surface area (Å²) in [6.07, 6.45) is 6.26. The number of nitriles is 1. The fourth-order valence-electron chi connectivity index (χ4n) is 3.49. The second-order valence-corrected chi connectivity index (χ2v) is 7.32. The van der Waals surface area contributed by atoms with E-state index in [1.54, 1.807) is 36.4 Å². The minimum Gasteiger partial charge on any atom is -0.350 e. The molecule has 1 aliphatic rings. The monoisotopic (exact) mass is 435 g/mol. The number of nitrogens with zero attached hydrogens (tertiary/aromatic N) is 9. The molecule has 0 spiro atoms. The van der Waals surface area contributed by atoms with Gasteiger partial charge < -0.3 is 9.80 Å². The molecule has 3 heterocycles. The first-order valence-electron chi connectivity index (χ1n) is 9.49. The van der Waals surface area contributed by atoms with Crippen LogP contribution in [0.2, 0.25) is 5.02 Å². The van der Waals surface area contributed by atoms with Gasteiger partial charge in [0.25, 0.3) is 0 Å². The number of tetrazole rings is 1. The number of halogens is 1. The van der Waals surface area contributed by atoms with E-state index in [1.807, 2.05) is 17.0 Å². The van der Waals surface area contributed by atoms with Crippen LogP contribution in [0.5, 0.6) is 0 Å². The fourth-order valence-corrected chi connectivity index (χ4v) is 3.69. The molecule has 1 aliphatic heterocycles. The number of carbonyl (C=O) groups excluding carboxylic acids is 1. The van der Waals surface area contributed by atoms with Crippen molar-refractivity contribution in [2.45, 2.75) is 6.04 Å². The number of hydrogen-bond donors (Lipinski definition) is 0. The van der Waals surface area contributed by atoms with E-state index in [-0.39, 0.29) is 11.6 Å². The molecule has 1 aromatic carbocycles. The average Bonchev–Trinajstić information content (AvgIpc) is 3.22. The van der Waals surface area contributed by atoms with E-state index < -0.39 is 6.04 Å². The molecule has 10 nitrogen and oxygen atoms in total. The van der Waals surface area contributed by atoms with Crippen LogP contribution in [-0.4, -0.2) is 60.6 Å². The molecule has 11 heteroatoms. The van der Waals surface area contributed by atoms with Crippen LogP contribution in [0.15, 0.2) is 42.7 Å². The lowest BCUT2D eigenvalue weighted by Gasteiger charge is -2.40. The van der Waals surface area contributed by atoms with Crippen molar-refractivity contribution >= 4 is 29.4 Å². The molecule has 1 saturated heterocycles. The van der Waals surface area contributed by atoms with Gasteiger partial charge in [-0.15, -0.1) is 5.10 Å². The lowest BCUT2D eigenvalue weighted by Crippen LogP contribution is -2.51. The Hall–Kier alpha value is -3.84. The molecule has 4 rings (SSSR count). The normalized spacial score (nSPS) is 16.5. The molecule has 31 heavy (non-hydrogen) atoms. The zero-order valence-corrected chi connectivity index (χ0v) is 17.4. The lowest BCUT2D eigenvalue weighted by atomic mass is 10.1. The van der Waals surface area contributed by atoms with Gasteiger partial charge in [-0.25, -0.2) is 14.6 Å². The average molecular weight is 436 g/mol. The first-order valence-corrected chi connectivity index (χ1v) is 9.87. The van der Waals surface area contributed by atoms with Crippen LogP contribution in [0.3, 0.4) is 0 Å². The molecule has 1 unspecified atom stereocenters. The van der Waals surface area contributed by atoms with Crippen LogP contribution in [0.25, 0.3) is 6.08 Å². The van der Waals surface area contributed by atoms with Crippen molar-refractivity contribution in [3.8, 4) is 6.07 Å². The number of benzene rings is 1. The van der Waals surface area contributed by atoms with E-state index in [2.05, 4.69) is 31.6 Å². The van der Waals surface area contributed by atoms with Crippen LogP contribution in [0, 0.1) is 11.3 Å². The van der Waals surface area contributed by atoms with Crippen molar-refractivity contribution in [2.75, 3.05) is 24.5 Å². The number of piperazine rings is 1. The highest BCUT2D eigenvalue weighted by Gasteiger charge is 2.35. The van der Waals surface area contributed by atoms with Crippen molar-refractivity contribution < 1.29 is 4.79 Å². The smallest absolute Gasteiger partial charge is 0.247 e. The number of aryl methyl sites for hydroxylation is 1. The van der Waals surface area contributed by atoms with Crippen molar-refractivity contribution in [3.05, 3.63) is 64.8 Å². The van der Waals surface area contributed by atoms with Crippen LogP contribution >= 0.6 is 11.6 Å². The first-order chi connectivity index (χ1) is 15.1. The van der Waals surface area contributed by atoms with Gasteiger partial charge in [-0.05, 0) is 34.2 Å². The van der Waals surface area contributed by atoms with Crippen LogP contribution in [0.4, 0.5) is 5.82 Å². The number of carbonyl (C=O) groups is 1. The second kappa shape index (κ2) is 8.89. The highest BCUT2D eigenvalue weighted by molar-refractivity contribution is 6.30. The second-order valence-electron chi connectivity index (χ2n) is 6.88. The molecule has 1 atom stereocenters. The molecular weight excluding hydrogens is 418 g/mol. The maximum absolute atomic E-state index is 13.1. The summed E-state index contributed by atoms with van der Waals surface area (Å²) in [5.74, 6) is 0.843. The molecule has 2 aromatic heterocycles. The number of rotatable bonds is 4. The van der Waals surface area contributed by atoms with E-state index >= 15 is 0 Å². The minimum atomic E-state index is -0.432.